The summed E-state index contributed by atoms with van der Waals surface area (Å²) in [5.74, 6) is 0.482. The van der Waals surface area contributed by atoms with E-state index in [1.54, 1.807) is 38.1 Å². The maximum absolute atomic E-state index is 12.8. The predicted molar refractivity (Wildman–Crippen MR) is 144 cm³/mol. The van der Waals surface area contributed by atoms with Crippen molar-refractivity contribution in [2.24, 2.45) is 0 Å². The molecule has 0 unspecified atom stereocenters. The Hall–Kier alpha value is -4.48. The van der Waals surface area contributed by atoms with Crippen molar-refractivity contribution in [3.8, 4) is 17.2 Å². The molecule has 5 rings (SSSR count). The van der Waals surface area contributed by atoms with Crippen molar-refractivity contribution in [1.29, 1.82) is 0 Å². The SMILES string of the molecule is CCOC(=O)c1cc(C2CC2)n[nH]c1=O.CCOC(=O)c1cc(C2CC2)nn(-c2ccc(OC)c(OC)c2)c1=O. The van der Waals surface area contributed by atoms with Crippen molar-refractivity contribution >= 4 is 11.9 Å². The Balaban J connectivity index is 0.000000210. The average Bonchev–Trinajstić information content (AvgIpc) is 3.87. The Morgan fingerprint density at radius 2 is 1.43 bits per heavy atom. The third-order valence-electron chi connectivity index (χ3n) is 6.35. The first-order valence-corrected chi connectivity index (χ1v) is 13.1. The molecule has 0 bridgehead atoms. The fraction of sp³-hybridized carbons (Fsp3) is 0.429. The van der Waals surface area contributed by atoms with E-state index in [9.17, 15) is 19.2 Å². The second-order valence-electron chi connectivity index (χ2n) is 9.26. The molecule has 0 atom stereocenters. The van der Waals surface area contributed by atoms with Crippen LogP contribution in [0.4, 0.5) is 0 Å². The molecule has 3 aromatic rings. The molecule has 2 aliphatic carbocycles. The van der Waals surface area contributed by atoms with Gasteiger partial charge in [-0.3, -0.25) is 9.59 Å². The van der Waals surface area contributed by atoms with Crippen LogP contribution in [0.1, 0.15) is 83.5 Å². The fourth-order valence-corrected chi connectivity index (χ4v) is 3.95. The topological polar surface area (TPSA) is 152 Å². The summed E-state index contributed by atoms with van der Waals surface area (Å²) < 4.78 is 21.5. The van der Waals surface area contributed by atoms with Crippen molar-refractivity contribution in [3.05, 3.63) is 73.6 Å². The number of hydrogen-bond donors (Lipinski definition) is 1. The first-order chi connectivity index (χ1) is 19.3. The fourth-order valence-electron chi connectivity index (χ4n) is 3.95. The molecule has 212 valence electrons. The van der Waals surface area contributed by atoms with E-state index in [1.165, 1.54) is 25.0 Å². The maximum atomic E-state index is 12.8. The molecular formula is C28H32N4O8. The van der Waals surface area contributed by atoms with Gasteiger partial charge in [0.2, 0.25) is 0 Å². The highest BCUT2D eigenvalue weighted by molar-refractivity contribution is 5.89. The largest absolute Gasteiger partial charge is 0.493 e. The Labute approximate surface area is 230 Å². The molecule has 0 spiro atoms. The average molecular weight is 553 g/mol. The van der Waals surface area contributed by atoms with Crippen LogP contribution in [0.15, 0.2) is 39.9 Å². The van der Waals surface area contributed by atoms with E-state index in [1.807, 2.05) is 0 Å². The molecule has 2 aliphatic rings. The number of hydrogen-bond acceptors (Lipinski definition) is 10. The minimum absolute atomic E-state index is 0.00599. The second kappa shape index (κ2) is 12.6. The number of carbonyl (C=O) groups is 2. The Kier molecular flexibility index (Phi) is 8.97. The van der Waals surface area contributed by atoms with Crippen molar-refractivity contribution in [1.82, 2.24) is 20.0 Å². The van der Waals surface area contributed by atoms with Gasteiger partial charge >= 0.3 is 11.9 Å². The zero-order valence-electron chi connectivity index (χ0n) is 22.9. The summed E-state index contributed by atoms with van der Waals surface area (Å²) in [7, 11) is 3.05. The number of benzene rings is 1. The highest BCUT2D eigenvalue weighted by Crippen LogP contribution is 2.39. The Bertz CT molecular complexity index is 1500. The number of H-pyrrole nitrogens is 1. The lowest BCUT2D eigenvalue weighted by Gasteiger charge is -2.12. The van der Waals surface area contributed by atoms with E-state index in [4.69, 9.17) is 18.9 Å². The predicted octanol–water partition coefficient (Wildman–Crippen LogP) is 3.13. The molecule has 1 N–H and O–H groups in total. The molecule has 12 heteroatoms. The molecular weight excluding hydrogens is 520 g/mol. The van der Waals surface area contributed by atoms with Crippen LogP contribution in [-0.4, -0.2) is 59.3 Å². The van der Waals surface area contributed by atoms with Crippen LogP contribution in [0.25, 0.3) is 5.69 Å². The normalized spacial score (nSPS) is 14.0. The third kappa shape index (κ3) is 6.56. The van der Waals surface area contributed by atoms with Gasteiger partial charge in [-0.2, -0.15) is 14.9 Å². The molecule has 40 heavy (non-hydrogen) atoms. The number of methoxy groups -OCH3 is 2. The molecule has 0 radical (unpaired) electrons. The van der Waals surface area contributed by atoms with Crippen molar-refractivity contribution in [2.75, 3.05) is 27.4 Å². The van der Waals surface area contributed by atoms with E-state index in [-0.39, 0.29) is 30.3 Å². The van der Waals surface area contributed by atoms with E-state index < -0.39 is 23.1 Å². The van der Waals surface area contributed by atoms with Crippen molar-refractivity contribution in [3.63, 3.8) is 0 Å². The summed E-state index contributed by atoms with van der Waals surface area (Å²) in [4.78, 5) is 47.6. The van der Waals surface area contributed by atoms with Crippen molar-refractivity contribution < 1.29 is 28.5 Å². The summed E-state index contributed by atoms with van der Waals surface area (Å²) in [6.07, 6.45) is 4.14. The van der Waals surface area contributed by atoms with Gasteiger partial charge in [0.05, 0.1) is 44.5 Å². The minimum atomic E-state index is -0.633. The Morgan fingerprint density at radius 1 is 0.850 bits per heavy atom. The van der Waals surface area contributed by atoms with Crippen LogP contribution in [0, 0.1) is 0 Å². The van der Waals surface area contributed by atoms with Gasteiger partial charge in [-0.05, 0) is 63.8 Å². The minimum Gasteiger partial charge on any atom is -0.493 e. The van der Waals surface area contributed by atoms with Gasteiger partial charge in [-0.1, -0.05) is 0 Å². The first-order valence-electron chi connectivity index (χ1n) is 13.1. The van der Waals surface area contributed by atoms with Gasteiger partial charge in [0.15, 0.2) is 11.5 Å². The number of nitrogens with one attached hydrogen (secondary N) is 1. The monoisotopic (exact) mass is 552 g/mol. The number of rotatable bonds is 9. The van der Waals surface area contributed by atoms with E-state index in [2.05, 4.69) is 15.3 Å². The zero-order chi connectivity index (χ0) is 28.8. The van der Waals surface area contributed by atoms with Crippen LogP contribution < -0.4 is 20.6 Å². The maximum Gasteiger partial charge on any atom is 0.343 e. The number of aromatic nitrogens is 4. The number of carbonyl (C=O) groups excluding carboxylic acids is 2. The molecule has 0 aliphatic heterocycles. The van der Waals surface area contributed by atoms with Gasteiger partial charge in [0.25, 0.3) is 11.1 Å². The lowest BCUT2D eigenvalue weighted by atomic mass is 10.2. The van der Waals surface area contributed by atoms with Gasteiger partial charge in [-0.15, -0.1) is 0 Å². The van der Waals surface area contributed by atoms with Gasteiger partial charge in [0.1, 0.15) is 11.1 Å². The van der Waals surface area contributed by atoms with Crippen LogP contribution in [0.5, 0.6) is 11.5 Å². The number of nitrogens with zero attached hydrogens (tertiary/aromatic N) is 3. The summed E-state index contributed by atoms with van der Waals surface area (Å²) in [6, 6.07) is 8.13. The molecule has 1 aromatic carbocycles. The number of esters is 2. The lowest BCUT2D eigenvalue weighted by molar-refractivity contribution is 0.0514. The van der Waals surface area contributed by atoms with Crippen molar-refractivity contribution in [2.45, 2.75) is 51.4 Å². The first kappa shape index (κ1) is 28.5. The summed E-state index contributed by atoms with van der Waals surface area (Å²) >= 11 is 0. The quantitative estimate of drug-likeness (QED) is 0.392. The lowest BCUT2D eigenvalue weighted by Crippen LogP contribution is -2.29. The molecule has 2 heterocycles. The third-order valence-corrected chi connectivity index (χ3v) is 6.35. The van der Waals surface area contributed by atoms with E-state index >= 15 is 0 Å². The molecule has 2 saturated carbocycles. The molecule has 2 aromatic heterocycles. The standard InChI is InChI=1S/C18H20N2O5.C10H12N2O3/c1-4-25-18(22)13-10-14(11-5-6-11)19-20(17(13)21)12-7-8-15(23-2)16(9-12)24-3;1-2-15-10(14)7-5-8(6-3-4-6)11-12-9(7)13/h7-11H,4-6H2,1-3H3;5-6H,2-4H2,1H3,(H,12,13). The van der Waals surface area contributed by atoms with Crippen LogP contribution in [0.3, 0.4) is 0 Å². The van der Waals surface area contributed by atoms with Crippen LogP contribution >= 0.6 is 0 Å². The Morgan fingerprint density at radius 3 is 2.00 bits per heavy atom. The van der Waals surface area contributed by atoms with E-state index in [0.29, 0.717) is 23.1 Å². The highest BCUT2D eigenvalue weighted by Gasteiger charge is 2.29. The summed E-state index contributed by atoms with van der Waals surface area (Å²) in [5, 5.41) is 10.7. The van der Waals surface area contributed by atoms with E-state index in [0.717, 1.165) is 37.1 Å². The molecule has 2 fully saturated rings. The van der Waals surface area contributed by atoms with Gasteiger partial charge in [-0.25, -0.2) is 14.7 Å². The zero-order valence-corrected chi connectivity index (χ0v) is 22.9. The van der Waals surface area contributed by atoms with Gasteiger partial charge < -0.3 is 18.9 Å². The summed E-state index contributed by atoms with van der Waals surface area (Å²) in [5.41, 5.74) is 1.03. The molecule has 0 amide bonds. The highest BCUT2D eigenvalue weighted by atomic mass is 16.5. The second-order valence-corrected chi connectivity index (χ2v) is 9.26. The molecule has 0 saturated heterocycles. The number of ether oxygens (including phenoxy) is 4. The smallest absolute Gasteiger partial charge is 0.343 e. The molecule has 12 nitrogen and oxygen atoms in total. The van der Waals surface area contributed by atoms with Gasteiger partial charge in [0, 0.05) is 17.9 Å². The van der Waals surface area contributed by atoms with Crippen LogP contribution in [0.2, 0.25) is 0 Å². The number of aromatic amines is 1. The summed E-state index contributed by atoms with van der Waals surface area (Å²) in [6.45, 7) is 3.87. The van der Waals surface area contributed by atoms with Crippen LogP contribution in [-0.2, 0) is 9.47 Å².